The van der Waals surface area contributed by atoms with Gasteiger partial charge in [-0.15, -0.1) is 0 Å². The molecule has 0 aromatic heterocycles. The zero-order valence-electron chi connectivity index (χ0n) is 28.4. The minimum absolute atomic E-state index is 0.0813. The summed E-state index contributed by atoms with van der Waals surface area (Å²) in [7, 11) is 0. The van der Waals surface area contributed by atoms with Crippen molar-refractivity contribution in [2.24, 2.45) is 0 Å². The minimum atomic E-state index is -1.76. The lowest BCUT2D eigenvalue weighted by atomic mass is 9.97. The Labute approximate surface area is 300 Å². The van der Waals surface area contributed by atoms with Crippen molar-refractivity contribution in [3.05, 3.63) is 0 Å². The molecular weight excluding hydrogens is 732 g/mol. The highest BCUT2D eigenvalue weighted by atomic mass is 16.7. The summed E-state index contributed by atoms with van der Waals surface area (Å²) in [6.45, 7) is 0.432. The molecule has 4 saturated heterocycles. The number of carbonyl (C=O) groups is 2. The van der Waals surface area contributed by atoms with E-state index in [1.807, 2.05) is 0 Å². The molecule has 0 amide bonds. The molecule has 0 unspecified atom stereocenters. The second kappa shape index (κ2) is 20.3. The number of aliphatic hydroxyl groups excluding tert-OH is 14. The Bertz CT molecular complexity index is 1130. The second-order valence-electron chi connectivity index (χ2n) is 12.5. The first-order valence-corrected chi connectivity index (χ1v) is 16.5. The lowest BCUT2D eigenvalue weighted by Gasteiger charge is -2.45. The smallest absolute Gasteiger partial charge is 0.305 e. The Morgan fingerprint density at radius 2 is 0.868 bits per heavy atom. The van der Waals surface area contributed by atoms with Gasteiger partial charge in [0.05, 0.1) is 13.2 Å². The highest BCUT2D eigenvalue weighted by Gasteiger charge is 2.52. The van der Waals surface area contributed by atoms with Crippen LogP contribution in [-0.2, 0) is 47.5 Å². The Morgan fingerprint density at radius 1 is 0.491 bits per heavy atom. The van der Waals surface area contributed by atoms with Crippen molar-refractivity contribution in [2.45, 2.75) is 143 Å². The fourth-order valence-corrected chi connectivity index (χ4v) is 5.59. The summed E-state index contributed by atoms with van der Waals surface area (Å²) in [6, 6.07) is 0. The van der Waals surface area contributed by atoms with Crippen LogP contribution >= 0.6 is 0 Å². The van der Waals surface area contributed by atoms with Gasteiger partial charge in [-0.3, -0.25) is 9.59 Å². The van der Waals surface area contributed by atoms with Crippen molar-refractivity contribution in [3.8, 4) is 0 Å². The standard InChI is InChI=1S/C15H26O12.C14H24O12/c1-2-7(17)24-4-6-8(18)9(19)12(22)15(26-6)27-13-5(3-16)25-14(23)11(21)10(13)20;1-4(16)23-3-6-7(17)8(18)11(21)14(25-6)26-12-5(2-15)24-13(22)10(20)9(12)19/h5-6,8-16,18-23H,2-4H2,1H3;5-15,17-22H,2-3H2,1H3/t5-,6-,8+,9+,10-,11-,12-,13-,14+,15+;5-,6-,7+,8+,9-,10-,11-,12-,13+,14+/m11/s1. The molecule has 0 aromatic carbocycles. The predicted octanol–water partition coefficient (Wildman–Crippen LogP) is -9.26. The van der Waals surface area contributed by atoms with Crippen LogP contribution in [0.3, 0.4) is 0 Å². The van der Waals surface area contributed by atoms with Gasteiger partial charge in [-0.1, -0.05) is 6.92 Å². The summed E-state index contributed by atoms with van der Waals surface area (Å²) in [4.78, 5) is 22.2. The van der Waals surface area contributed by atoms with Gasteiger partial charge in [0.1, 0.15) is 111 Å². The highest BCUT2D eigenvalue weighted by molar-refractivity contribution is 5.68. The van der Waals surface area contributed by atoms with E-state index >= 15 is 0 Å². The molecule has 310 valence electrons. The molecule has 0 aliphatic carbocycles. The fourth-order valence-electron chi connectivity index (χ4n) is 5.59. The highest BCUT2D eigenvalue weighted by Crippen LogP contribution is 2.30. The van der Waals surface area contributed by atoms with Crippen molar-refractivity contribution in [1.82, 2.24) is 0 Å². The maximum absolute atomic E-state index is 11.3. The summed E-state index contributed by atoms with van der Waals surface area (Å²) in [5.74, 6) is -1.23. The van der Waals surface area contributed by atoms with E-state index < -0.39 is 161 Å². The molecule has 4 aliphatic heterocycles. The summed E-state index contributed by atoms with van der Waals surface area (Å²) in [5, 5.41) is 137. The van der Waals surface area contributed by atoms with Crippen LogP contribution in [0.4, 0.5) is 0 Å². The topological polar surface area (TPSA) is 391 Å². The molecule has 14 N–H and O–H groups in total. The van der Waals surface area contributed by atoms with E-state index in [1.54, 1.807) is 6.92 Å². The van der Waals surface area contributed by atoms with E-state index in [0.29, 0.717) is 0 Å². The molecule has 4 aliphatic rings. The molecule has 4 heterocycles. The van der Waals surface area contributed by atoms with Crippen LogP contribution in [0, 0.1) is 0 Å². The van der Waals surface area contributed by atoms with Gasteiger partial charge in [0.2, 0.25) is 0 Å². The third-order valence-corrected chi connectivity index (χ3v) is 8.75. The number of hydrogen-bond donors (Lipinski definition) is 14. The largest absolute Gasteiger partial charge is 0.463 e. The molecule has 53 heavy (non-hydrogen) atoms. The molecule has 24 heteroatoms. The fraction of sp³-hybridized carbons (Fsp3) is 0.931. The van der Waals surface area contributed by atoms with Crippen molar-refractivity contribution < 1.29 is 119 Å². The SMILES string of the molecule is CC(=O)OC[C@H]1O[C@@H](O[C@H]2[C@H](O)[C@@H](O)[C@@H](O)O[C@@H]2CO)[C@H](O)[C@@H](O)[C@H]1O.CCC(=O)OC[C@H]1O[C@@H](O[C@H]2[C@H](O)[C@@H](O)[C@@H](O)O[C@@H]2CO)[C@H](O)[C@@H](O)[C@H]1O. The average Bonchev–Trinajstić information content (AvgIpc) is 3.13. The van der Waals surface area contributed by atoms with Crippen LogP contribution in [0.5, 0.6) is 0 Å². The van der Waals surface area contributed by atoms with Crippen LogP contribution in [0.1, 0.15) is 20.3 Å². The Morgan fingerprint density at radius 3 is 1.21 bits per heavy atom. The van der Waals surface area contributed by atoms with E-state index in [-0.39, 0.29) is 6.42 Å². The number of aliphatic hydroxyl groups is 14. The molecular formula is C29H50O24. The van der Waals surface area contributed by atoms with Gasteiger partial charge in [-0.2, -0.15) is 0 Å². The second-order valence-corrected chi connectivity index (χ2v) is 12.5. The van der Waals surface area contributed by atoms with Crippen molar-refractivity contribution in [2.75, 3.05) is 26.4 Å². The maximum atomic E-state index is 11.3. The summed E-state index contributed by atoms with van der Waals surface area (Å²) in [5.41, 5.74) is 0. The van der Waals surface area contributed by atoms with Crippen molar-refractivity contribution in [1.29, 1.82) is 0 Å². The molecule has 24 nitrogen and oxygen atoms in total. The summed E-state index contributed by atoms with van der Waals surface area (Å²) in [6.07, 6.45) is -31.6. The molecule has 0 saturated carbocycles. The minimum Gasteiger partial charge on any atom is -0.463 e. The predicted molar refractivity (Wildman–Crippen MR) is 161 cm³/mol. The number of rotatable bonds is 11. The molecule has 4 rings (SSSR count). The Balaban J connectivity index is 0.000000286. The third kappa shape index (κ3) is 11.1. The molecule has 0 spiro atoms. The summed E-state index contributed by atoms with van der Waals surface area (Å²) >= 11 is 0. The number of esters is 2. The molecule has 0 radical (unpaired) electrons. The first-order chi connectivity index (χ1) is 24.9. The van der Waals surface area contributed by atoms with E-state index in [9.17, 15) is 81.1 Å². The molecule has 4 fully saturated rings. The van der Waals surface area contributed by atoms with Crippen molar-refractivity contribution >= 4 is 11.9 Å². The van der Waals surface area contributed by atoms with Crippen LogP contribution in [0.15, 0.2) is 0 Å². The van der Waals surface area contributed by atoms with Crippen LogP contribution in [0.2, 0.25) is 0 Å². The van der Waals surface area contributed by atoms with E-state index in [2.05, 4.69) is 0 Å². The molecule has 0 aromatic rings. The maximum Gasteiger partial charge on any atom is 0.305 e. The van der Waals surface area contributed by atoms with E-state index in [0.717, 1.165) is 6.92 Å². The van der Waals surface area contributed by atoms with E-state index in [1.165, 1.54) is 0 Å². The molecule has 20 atom stereocenters. The zero-order valence-corrected chi connectivity index (χ0v) is 28.4. The van der Waals surface area contributed by atoms with Gasteiger partial charge in [0.15, 0.2) is 25.2 Å². The van der Waals surface area contributed by atoms with Gasteiger partial charge in [-0.25, -0.2) is 0 Å². The number of ether oxygens (including phenoxy) is 8. The number of carbonyl (C=O) groups excluding carboxylic acids is 2. The van der Waals surface area contributed by atoms with Gasteiger partial charge >= 0.3 is 11.9 Å². The lowest BCUT2D eigenvalue weighted by Crippen LogP contribution is -2.64. The van der Waals surface area contributed by atoms with Gasteiger partial charge in [0.25, 0.3) is 0 Å². The first-order valence-electron chi connectivity index (χ1n) is 16.5. The first kappa shape index (κ1) is 45.5. The van der Waals surface area contributed by atoms with Crippen LogP contribution in [0.25, 0.3) is 0 Å². The van der Waals surface area contributed by atoms with Gasteiger partial charge < -0.3 is 109 Å². The van der Waals surface area contributed by atoms with Crippen LogP contribution in [-0.4, -0.2) is 233 Å². The van der Waals surface area contributed by atoms with Crippen LogP contribution < -0.4 is 0 Å². The average molecular weight is 783 g/mol. The van der Waals surface area contributed by atoms with Crippen molar-refractivity contribution in [3.63, 3.8) is 0 Å². The summed E-state index contributed by atoms with van der Waals surface area (Å²) < 4.78 is 40.7. The van der Waals surface area contributed by atoms with Gasteiger partial charge in [0, 0.05) is 13.3 Å². The van der Waals surface area contributed by atoms with Gasteiger partial charge in [-0.05, 0) is 0 Å². The Kier molecular flexibility index (Phi) is 17.5. The molecule has 0 bridgehead atoms. The normalized spacial score (nSPS) is 46.1. The monoisotopic (exact) mass is 782 g/mol. The Hall–Kier alpha value is -1.86. The van der Waals surface area contributed by atoms with E-state index in [4.69, 9.17) is 37.9 Å². The zero-order chi connectivity index (χ0) is 39.9. The quantitative estimate of drug-likeness (QED) is 0.0865. The number of hydrogen-bond acceptors (Lipinski definition) is 24. The third-order valence-electron chi connectivity index (χ3n) is 8.75. The lowest BCUT2D eigenvalue weighted by molar-refractivity contribution is -0.355.